The molecule has 9 heteroatoms. The van der Waals surface area contributed by atoms with Gasteiger partial charge in [0.25, 0.3) is 0 Å². The van der Waals surface area contributed by atoms with Gasteiger partial charge in [0.1, 0.15) is 5.00 Å². The molecule has 3 heterocycles. The van der Waals surface area contributed by atoms with E-state index in [1.54, 1.807) is 18.5 Å². The van der Waals surface area contributed by atoms with Crippen molar-refractivity contribution in [3.05, 3.63) is 24.7 Å². The molecular weight excluding hydrogens is 290 g/mol. The monoisotopic (exact) mass is 305 g/mol. The van der Waals surface area contributed by atoms with Gasteiger partial charge in [0.05, 0.1) is 6.20 Å². The van der Waals surface area contributed by atoms with Crippen molar-refractivity contribution in [1.29, 1.82) is 0 Å². The molecule has 0 aliphatic carbocycles. The van der Waals surface area contributed by atoms with Crippen LogP contribution in [0.1, 0.15) is 12.8 Å². The van der Waals surface area contributed by atoms with Crippen molar-refractivity contribution in [2.24, 2.45) is 0 Å². The summed E-state index contributed by atoms with van der Waals surface area (Å²) in [6, 6.07) is 1.63. The number of piperidine rings is 1. The third-order valence-corrected chi connectivity index (χ3v) is 3.77. The molecule has 0 bridgehead atoms. The van der Waals surface area contributed by atoms with Crippen LogP contribution in [0, 0.1) is 0 Å². The third-order valence-electron chi connectivity index (χ3n) is 3.19. The lowest BCUT2D eigenvalue weighted by Gasteiger charge is -2.32. The predicted octanol–water partition coefficient (Wildman–Crippen LogP) is 1.12. The summed E-state index contributed by atoms with van der Waals surface area (Å²) in [5.41, 5.74) is 0. The minimum Gasteiger partial charge on any atom is -0.339 e. The van der Waals surface area contributed by atoms with Crippen LogP contribution in [0.25, 0.3) is 0 Å². The molecule has 2 amide bonds. The zero-order chi connectivity index (χ0) is 14.5. The second-order valence-corrected chi connectivity index (χ2v) is 5.50. The summed E-state index contributed by atoms with van der Waals surface area (Å²) in [6.45, 7) is 1.61. The molecule has 0 saturated carbocycles. The number of aromatic nitrogens is 4. The smallest absolute Gasteiger partial charge is 0.320 e. The van der Waals surface area contributed by atoms with Crippen LogP contribution in [0.5, 0.6) is 0 Å². The van der Waals surface area contributed by atoms with Gasteiger partial charge in [-0.3, -0.25) is 5.32 Å². The van der Waals surface area contributed by atoms with E-state index in [2.05, 4.69) is 35.1 Å². The Balaban J connectivity index is 1.55. The van der Waals surface area contributed by atoms with Gasteiger partial charge in [-0.05, 0) is 18.9 Å². The number of urea groups is 1. The molecule has 3 rings (SSSR count). The first kappa shape index (κ1) is 13.7. The summed E-state index contributed by atoms with van der Waals surface area (Å²) >= 11 is 1.15. The van der Waals surface area contributed by atoms with Crippen LogP contribution in [-0.2, 0) is 0 Å². The molecule has 1 atom stereocenters. The van der Waals surface area contributed by atoms with Gasteiger partial charge in [0, 0.05) is 43.1 Å². The molecule has 0 spiro atoms. The van der Waals surface area contributed by atoms with Gasteiger partial charge in [-0.15, -0.1) is 5.10 Å². The van der Waals surface area contributed by atoms with Crippen LogP contribution in [0.2, 0.25) is 0 Å². The summed E-state index contributed by atoms with van der Waals surface area (Å²) < 4.78 is 3.70. The van der Waals surface area contributed by atoms with Crippen molar-refractivity contribution in [3.8, 4) is 0 Å². The van der Waals surface area contributed by atoms with Crippen molar-refractivity contribution in [2.75, 3.05) is 23.3 Å². The molecule has 1 aliphatic rings. The number of hydrogen-bond acceptors (Lipinski definition) is 7. The van der Waals surface area contributed by atoms with E-state index in [0.717, 1.165) is 30.9 Å². The van der Waals surface area contributed by atoms with Gasteiger partial charge in [-0.25, -0.2) is 14.8 Å². The minimum atomic E-state index is -0.234. The number of amides is 2. The number of nitrogens with one attached hydrogen (secondary N) is 2. The molecule has 8 nitrogen and oxygen atoms in total. The second-order valence-electron chi connectivity index (χ2n) is 4.71. The first-order chi connectivity index (χ1) is 10.3. The molecule has 110 valence electrons. The summed E-state index contributed by atoms with van der Waals surface area (Å²) in [7, 11) is 0. The molecule has 0 aromatic carbocycles. The topological polar surface area (TPSA) is 95.9 Å². The Hall–Kier alpha value is -2.29. The average molecular weight is 305 g/mol. The fourth-order valence-corrected chi connectivity index (χ4v) is 2.70. The fourth-order valence-electron chi connectivity index (χ4n) is 2.29. The first-order valence-corrected chi connectivity index (χ1v) is 7.45. The highest BCUT2D eigenvalue weighted by Crippen LogP contribution is 2.15. The van der Waals surface area contributed by atoms with Crippen LogP contribution in [0.3, 0.4) is 0 Å². The van der Waals surface area contributed by atoms with E-state index in [-0.39, 0.29) is 12.1 Å². The Labute approximate surface area is 125 Å². The highest BCUT2D eigenvalue weighted by molar-refractivity contribution is 7.10. The van der Waals surface area contributed by atoms with Crippen LogP contribution < -0.4 is 15.5 Å². The summed E-state index contributed by atoms with van der Waals surface area (Å²) in [5.74, 6) is 0.705. The molecule has 1 fully saturated rings. The van der Waals surface area contributed by atoms with Crippen molar-refractivity contribution >= 4 is 28.5 Å². The number of hydrogen-bond donors (Lipinski definition) is 2. The maximum atomic E-state index is 11.9. The Kier molecular flexibility index (Phi) is 4.20. The number of anilines is 2. The Morgan fingerprint density at radius 1 is 1.38 bits per heavy atom. The molecular formula is C12H15N7OS. The second kappa shape index (κ2) is 6.44. The maximum Gasteiger partial charge on any atom is 0.320 e. The molecule has 21 heavy (non-hydrogen) atoms. The fraction of sp³-hybridized carbons (Fsp3) is 0.417. The quantitative estimate of drug-likeness (QED) is 0.882. The van der Waals surface area contributed by atoms with Gasteiger partial charge >= 0.3 is 6.03 Å². The Bertz CT molecular complexity index is 577. The number of carbonyl (C=O) groups excluding carboxylic acids is 1. The Morgan fingerprint density at radius 2 is 2.24 bits per heavy atom. The number of rotatable bonds is 3. The third kappa shape index (κ3) is 3.63. The van der Waals surface area contributed by atoms with Crippen LogP contribution >= 0.6 is 11.5 Å². The minimum absolute atomic E-state index is 0.0726. The largest absolute Gasteiger partial charge is 0.339 e. The molecule has 1 saturated heterocycles. The average Bonchev–Trinajstić information content (AvgIpc) is 3.01. The van der Waals surface area contributed by atoms with Gasteiger partial charge < -0.3 is 10.2 Å². The Morgan fingerprint density at radius 3 is 3.00 bits per heavy atom. The van der Waals surface area contributed by atoms with Crippen LogP contribution in [0.4, 0.5) is 15.7 Å². The molecule has 0 unspecified atom stereocenters. The maximum absolute atomic E-state index is 11.9. The standard InChI is InChI=1S/C12H15N7OS/c20-12(17-10-7-15-18-21-10)16-9-3-1-6-19(8-9)11-13-4-2-5-14-11/h2,4-5,7,9H,1,3,6,8H2,(H2,16,17,20)/t9-/m1/s1. The van der Waals surface area contributed by atoms with Gasteiger partial charge in [0.15, 0.2) is 0 Å². The van der Waals surface area contributed by atoms with E-state index in [1.807, 2.05) is 0 Å². The van der Waals surface area contributed by atoms with E-state index < -0.39 is 0 Å². The van der Waals surface area contributed by atoms with E-state index >= 15 is 0 Å². The van der Waals surface area contributed by atoms with E-state index in [4.69, 9.17) is 0 Å². The lowest BCUT2D eigenvalue weighted by molar-refractivity contribution is 0.246. The van der Waals surface area contributed by atoms with Gasteiger partial charge in [-0.2, -0.15) is 0 Å². The first-order valence-electron chi connectivity index (χ1n) is 6.68. The van der Waals surface area contributed by atoms with Gasteiger partial charge in [-0.1, -0.05) is 4.49 Å². The van der Waals surface area contributed by atoms with E-state index in [1.165, 1.54) is 6.20 Å². The normalized spacial score (nSPS) is 18.3. The van der Waals surface area contributed by atoms with E-state index in [9.17, 15) is 4.79 Å². The molecule has 1 aliphatic heterocycles. The van der Waals surface area contributed by atoms with Crippen molar-refractivity contribution in [1.82, 2.24) is 24.9 Å². The lowest BCUT2D eigenvalue weighted by atomic mass is 10.1. The van der Waals surface area contributed by atoms with Crippen molar-refractivity contribution in [3.63, 3.8) is 0 Å². The molecule has 2 N–H and O–H groups in total. The zero-order valence-corrected chi connectivity index (χ0v) is 12.1. The molecule has 2 aromatic rings. The highest BCUT2D eigenvalue weighted by Gasteiger charge is 2.23. The highest BCUT2D eigenvalue weighted by atomic mass is 32.1. The summed E-state index contributed by atoms with van der Waals surface area (Å²) in [6.07, 6.45) is 6.91. The molecule has 0 radical (unpaired) electrons. The van der Waals surface area contributed by atoms with Crippen molar-refractivity contribution in [2.45, 2.75) is 18.9 Å². The SMILES string of the molecule is O=C(Nc1cnns1)N[C@@H]1CCCN(c2ncccn2)C1. The zero-order valence-electron chi connectivity index (χ0n) is 11.3. The molecule has 2 aromatic heterocycles. The van der Waals surface area contributed by atoms with Crippen LogP contribution in [0.15, 0.2) is 24.7 Å². The van der Waals surface area contributed by atoms with E-state index in [0.29, 0.717) is 17.5 Å². The summed E-state index contributed by atoms with van der Waals surface area (Å²) in [5, 5.41) is 9.98. The number of carbonyl (C=O) groups is 1. The van der Waals surface area contributed by atoms with Gasteiger partial charge in [0.2, 0.25) is 5.95 Å². The summed E-state index contributed by atoms with van der Waals surface area (Å²) in [4.78, 5) is 22.5. The lowest BCUT2D eigenvalue weighted by Crippen LogP contribution is -2.49. The van der Waals surface area contributed by atoms with Crippen molar-refractivity contribution < 1.29 is 4.79 Å². The predicted molar refractivity (Wildman–Crippen MR) is 79.3 cm³/mol. The van der Waals surface area contributed by atoms with Crippen LogP contribution in [-0.4, -0.2) is 44.7 Å². The number of nitrogens with zero attached hydrogens (tertiary/aromatic N) is 5.